The van der Waals surface area contributed by atoms with E-state index >= 15 is 0 Å². The highest BCUT2D eigenvalue weighted by Gasteiger charge is 2.40. The lowest BCUT2D eigenvalue weighted by molar-refractivity contribution is -0.124. The molecule has 0 bridgehead atoms. The highest BCUT2D eigenvalue weighted by Crippen LogP contribution is 2.35. The largest absolute Gasteiger partial charge is 0.381 e. The van der Waals surface area contributed by atoms with Crippen LogP contribution in [0.3, 0.4) is 0 Å². The molecule has 126 valence electrons. The van der Waals surface area contributed by atoms with Crippen LogP contribution in [0.1, 0.15) is 19.0 Å². The van der Waals surface area contributed by atoms with Crippen molar-refractivity contribution in [1.82, 2.24) is 15.2 Å². The van der Waals surface area contributed by atoms with Crippen molar-refractivity contribution in [2.24, 2.45) is 17.8 Å². The van der Waals surface area contributed by atoms with E-state index in [0.29, 0.717) is 30.7 Å². The molecule has 0 spiro atoms. The number of nitrogens with one attached hydrogen (secondary N) is 1. The number of fused-ring (bicyclic) bond motifs is 1. The summed E-state index contributed by atoms with van der Waals surface area (Å²) in [7, 11) is 0. The van der Waals surface area contributed by atoms with E-state index in [9.17, 15) is 4.79 Å². The van der Waals surface area contributed by atoms with Gasteiger partial charge < -0.3 is 15.0 Å². The number of amides is 1. The fourth-order valence-electron chi connectivity index (χ4n) is 3.85. The molecule has 23 heavy (non-hydrogen) atoms. The van der Waals surface area contributed by atoms with E-state index in [1.165, 1.54) is 0 Å². The predicted octanol–water partition coefficient (Wildman–Crippen LogP) is 1.34. The second-order valence-corrected chi connectivity index (χ2v) is 6.70. The molecule has 5 nitrogen and oxygen atoms in total. The number of carbonyl (C=O) groups excluding carboxylic acids is 1. The average Bonchev–Trinajstić information content (AvgIpc) is 3.00. The zero-order chi connectivity index (χ0) is 16.1. The maximum atomic E-state index is 12.2. The molecule has 0 unspecified atom stereocenters. The number of rotatable bonds is 6. The van der Waals surface area contributed by atoms with Gasteiger partial charge in [0.1, 0.15) is 0 Å². The number of nitrogens with zero attached hydrogens (tertiary/aromatic N) is 2. The fraction of sp³-hybridized carbons (Fsp3) is 0.667. The normalized spacial score (nSPS) is 27.6. The van der Waals surface area contributed by atoms with Gasteiger partial charge in [-0.2, -0.15) is 0 Å². The number of carbonyl (C=O) groups is 1. The third-order valence-corrected chi connectivity index (χ3v) is 5.16. The molecular formula is C18H27N3O2. The average molecular weight is 317 g/mol. The van der Waals surface area contributed by atoms with Crippen molar-refractivity contribution in [3.05, 3.63) is 30.1 Å². The minimum atomic E-state index is 0.144. The molecule has 0 saturated carbocycles. The minimum Gasteiger partial charge on any atom is -0.381 e. The molecule has 0 aliphatic carbocycles. The number of hydrogen-bond acceptors (Lipinski definition) is 4. The molecule has 2 aliphatic rings. The Balaban J connectivity index is 1.44. The second-order valence-electron chi connectivity index (χ2n) is 6.70. The molecule has 0 radical (unpaired) electrons. The molecule has 2 saturated heterocycles. The van der Waals surface area contributed by atoms with Crippen LogP contribution in [0.15, 0.2) is 24.4 Å². The van der Waals surface area contributed by atoms with Gasteiger partial charge in [-0.3, -0.25) is 9.78 Å². The minimum absolute atomic E-state index is 0.144. The maximum absolute atomic E-state index is 12.2. The SMILES string of the molecule is CCN1C[C@H]2COC[C@H](CC(=O)NCCc3ccccn3)[C@H]2C1. The summed E-state index contributed by atoms with van der Waals surface area (Å²) in [6.07, 6.45) is 3.15. The van der Waals surface area contributed by atoms with Crippen molar-refractivity contribution in [3.63, 3.8) is 0 Å². The Labute approximate surface area is 138 Å². The van der Waals surface area contributed by atoms with Crippen molar-refractivity contribution in [1.29, 1.82) is 0 Å². The Morgan fingerprint density at radius 1 is 1.39 bits per heavy atom. The van der Waals surface area contributed by atoms with Gasteiger partial charge in [-0.05, 0) is 36.4 Å². The van der Waals surface area contributed by atoms with E-state index in [1.54, 1.807) is 6.20 Å². The summed E-state index contributed by atoms with van der Waals surface area (Å²) >= 11 is 0. The van der Waals surface area contributed by atoms with E-state index in [2.05, 4.69) is 22.1 Å². The summed E-state index contributed by atoms with van der Waals surface area (Å²) in [5.74, 6) is 1.73. The molecule has 1 N–H and O–H groups in total. The third kappa shape index (κ3) is 4.30. The first-order valence-electron chi connectivity index (χ1n) is 8.73. The quantitative estimate of drug-likeness (QED) is 0.860. The summed E-state index contributed by atoms with van der Waals surface area (Å²) in [5, 5.41) is 3.04. The van der Waals surface area contributed by atoms with Crippen LogP contribution in [-0.2, 0) is 16.0 Å². The van der Waals surface area contributed by atoms with Crippen LogP contribution in [0.4, 0.5) is 0 Å². The van der Waals surface area contributed by atoms with E-state index in [-0.39, 0.29) is 5.91 Å². The summed E-state index contributed by atoms with van der Waals surface area (Å²) in [4.78, 5) is 19.0. The lowest BCUT2D eigenvalue weighted by Crippen LogP contribution is -2.38. The summed E-state index contributed by atoms with van der Waals surface area (Å²) in [6, 6.07) is 5.87. The molecular weight excluding hydrogens is 290 g/mol. The van der Waals surface area contributed by atoms with Crippen LogP contribution in [-0.4, -0.2) is 55.2 Å². The van der Waals surface area contributed by atoms with E-state index in [0.717, 1.165) is 45.0 Å². The highest BCUT2D eigenvalue weighted by atomic mass is 16.5. The molecule has 0 aromatic carbocycles. The topological polar surface area (TPSA) is 54.5 Å². The van der Waals surface area contributed by atoms with E-state index < -0.39 is 0 Å². The molecule has 3 heterocycles. The zero-order valence-corrected chi connectivity index (χ0v) is 13.9. The third-order valence-electron chi connectivity index (χ3n) is 5.16. The highest BCUT2D eigenvalue weighted by molar-refractivity contribution is 5.76. The van der Waals surface area contributed by atoms with Crippen LogP contribution in [0, 0.1) is 17.8 Å². The number of pyridine rings is 1. The van der Waals surface area contributed by atoms with Crippen LogP contribution in [0.5, 0.6) is 0 Å². The van der Waals surface area contributed by atoms with E-state index in [1.807, 2.05) is 18.2 Å². The second kappa shape index (κ2) is 7.88. The summed E-state index contributed by atoms with van der Waals surface area (Å²) in [6.45, 7) is 7.78. The Bertz CT molecular complexity index is 508. The maximum Gasteiger partial charge on any atom is 0.220 e. The number of likely N-dealkylation sites (tertiary alicyclic amines) is 1. The van der Waals surface area contributed by atoms with Gasteiger partial charge in [0.15, 0.2) is 0 Å². The van der Waals surface area contributed by atoms with Crippen LogP contribution in [0.25, 0.3) is 0 Å². The van der Waals surface area contributed by atoms with Gasteiger partial charge in [0, 0.05) is 44.4 Å². The van der Waals surface area contributed by atoms with Crippen molar-refractivity contribution in [3.8, 4) is 0 Å². The van der Waals surface area contributed by atoms with Crippen LogP contribution in [0.2, 0.25) is 0 Å². The first kappa shape index (κ1) is 16.4. The van der Waals surface area contributed by atoms with Crippen LogP contribution >= 0.6 is 0 Å². The monoisotopic (exact) mass is 317 g/mol. The number of aromatic nitrogens is 1. The molecule has 3 rings (SSSR count). The standard InChI is InChI=1S/C18H27N3O2/c1-2-21-10-15-13-23-12-14(17(15)11-21)9-18(22)20-8-6-16-5-3-4-7-19-16/h3-5,7,14-15,17H,2,6,8-13H2,1H3,(H,20,22)/t14-,15-,17+/m0/s1. The summed E-state index contributed by atoms with van der Waals surface area (Å²) < 4.78 is 5.75. The molecule has 1 aromatic rings. The number of ether oxygens (including phenoxy) is 1. The Kier molecular flexibility index (Phi) is 5.62. The van der Waals surface area contributed by atoms with Gasteiger partial charge in [0.05, 0.1) is 13.2 Å². The van der Waals surface area contributed by atoms with Gasteiger partial charge in [0.25, 0.3) is 0 Å². The van der Waals surface area contributed by atoms with Crippen LogP contribution < -0.4 is 5.32 Å². The fourth-order valence-corrected chi connectivity index (χ4v) is 3.85. The molecule has 1 aromatic heterocycles. The Morgan fingerprint density at radius 2 is 2.30 bits per heavy atom. The first-order chi connectivity index (χ1) is 11.3. The van der Waals surface area contributed by atoms with Crippen molar-refractivity contribution in [2.75, 3.05) is 39.4 Å². The van der Waals surface area contributed by atoms with Gasteiger partial charge in [-0.1, -0.05) is 13.0 Å². The molecule has 2 fully saturated rings. The van der Waals surface area contributed by atoms with Crippen molar-refractivity contribution >= 4 is 5.91 Å². The number of hydrogen-bond donors (Lipinski definition) is 1. The summed E-state index contributed by atoms with van der Waals surface area (Å²) in [5.41, 5.74) is 1.02. The molecule has 3 atom stereocenters. The van der Waals surface area contributed by atoms with Gasteiger partial charge in [-0.15, -0.1) is 0 Å². The molecule has 1 amide bonds. The Morgan fingerprint density at radius 3 is 3.09 bits per heavy atom. The van der Waals surface area contributed by atoms with Gasteiger partial charge in [0.2, 0.25) is 5.91 Å². The molecule has 2 aliphatic heterocycles. The molecule has 5 heteroatoms. The van der Waals surface area contributed by atoms with Gasteiger partial charge >= 0.3 is 0 Å². The van der Waals surface area contributed by atoms with Gasteiger partial charge in [-0.25, -0.2) is 0 Å². The smallest absolute Gasteiger partial charge is 0.220 e. The van der Waals surface area contributed by atoms with E-state index in [4.69, 9.17) is 4.74 Å². The van der Waals surface area contributed by atoms with Crippen molar-refractivity contribution in [2.45, 2.75) is 19.8 Å². The van der Waals surface area contributed by atoms with Crippen molar-refractivity contribution < 1.29 is 9.53 Å². The lowest BCUT2D eigenvalue weighted by atomic mass is 9.81. The Hall–Kier alpha value is -1.46. The first-order valence-corrected chi connectivity index (χ1v) is 8.73. The zero-order valence-electron chi connectivity index (χ0n) is 13.9. The lowest BCUT2D eigenvalue weighted by Gasteiger charge is -2.32. The predicted molar refractivity (Wildman–Crippen MR) is 89.0 cm³/mol.